The summed E-state index contributed by atoms with van der Waals surface area (Å²) in [5, 5.41) is 9.18. The SMILES string of the molecule is CNc1cc(C(=O)Nc2cc(C)on2)ccn1. The van der Waals surface area contributed by atoms with Gasteiger partial charge >= 0.3 is 0 Å². The normalized spacial score (nSPS) is 10.0. The molecule has 2 aromatic rings. The predicted molar refractivity (Wildman–Crippen MR) is 63.0 cm³/mol. The van der Waals surface area contributed by atoms with Crippen molar-refractivity contribution >= 4 is 17.5 Å². The van der Waals surface area contributed by atoms with E-state index < -0.39 is 0 Å². The predicted octanol–water partition coefficient (Wildman–Crippen LogP) is 1.67. The van der Waals surface area contributed by atoms with Crippen molar-refractivity contribution in [1.82, 2.24) is 10.1 Å². The van der Waals surface area contributed by atoms with Crippen LogP contribution < -0.4 is 10.6 Å². The fourth-order valence-electron chi connectivity index (χ4n) is 1.32. The summed E-state index contributed by atoms with van der Waals surface area (Å²) in [5.41, 5.74) is 0.505. The van der Waals surface area contributed by atoms with E-state index in [4.69, 9.17) is 4.52 Å². The van der Waals surface area contributed by atoms with Crippen molar-refractivity contribution in [3.63, 3.8) is 0 Å². The van der Waals surface area contributed by atoms with Gasteiger partial charge in [0.25, 0.3) is 5.91 Å². The summed E-state index contributed by atoms with van der Waals surface area (Å²) in [6, 6.07) is 4.93. The number of aromatic nitrogens is 2. The van der Waals surface area contributed by atoms with Crippen LogP contribution in [0.4, 0.5) is 11.6 Å². The molecule has 6 heteroatoms. The van der Waals surface area contributed by atoms with Gasteiger partial charge in [0.1, 0.15) is 11.6 Å². The Kier molecular flexibility index (Phi) is 3.04. The lowest BCUT2D eigenvalue weighted by atomic mass is 10.2. The summed E-state index contributed by atoms with van der Waals surface area (Å²) < 4.78 is 4.86. The van der Waals surface area contributed by atoms with Crippen molar-refractivity contribution < 1.29 is 9.32 Å². The van der Waals surface area contributed by atoms with Gasteiger partial charge in [-0.1, -0.05) is 5.16 Å². The molecule has 17 heavy (non-hydrogen) atoms. The fraction of sp³-hybridized carbons (Fsp3) is 0.182. The van der Waals surface area contributed by atoms with Gasteiger partial charge in [-0.25, -0.2) is 4.98 Å². The summed E-state index contributed by atoms with van der Waals surface area (Å²) in [6.45, 7) is 1.76. The fourth-order valence-corrected chi connectivity index (χ4v) is 1.32. The molecule has 2 N–H and O–H groups in total. The van der Waals surface area contributed by atoms with E-state index in [0.29, 0.717) is 23.0 Å². The van der Waals surface area contributed by atoms with Gasteiger partial charge < -0.3 is 15.2 Å². The van der Waals surface area contributed by atoms with E-state index >= 15 is 0 Å². The highest BCUT2D eigenvalue weighted by molar-refractivity contribution is 6.04. The topological polar surface area (TPSA) is 80.0 Å². The average Bonchev–Trinajstić information content (AvgIpc) is 2.75. The molecule has 1 amide bonds. The Labute approximate surface area is 98.0 Å². The van der Waals surface area contributed by atoms with E-state index in [-0.39, 0.29) is 5.91 Å². The molecular weight excluding hydrogens is 220 g/mol. The van der Waals surface area contributed by atoms with Crippen LogP contribution in [0, 0.1) is 6.92 Å². The molecule has 0 aliphatic rings. The largest absolute Gasteiger partial charge is 0.373 e. The number of aryl methyl sites for hydroxylation is 1. The molecule has 2 rings (SSSR count). The Morgan fingerprint density at radius 3 is 2.82 bits per heavy atom. The van der Waals surface area contributed by atoms with Crippen LogP contribution >= 0.6 is 0 Å². The number of rotatable bonds is 3. The first-order valence-electron chi connectivity index (χ1n) is 5.07. The lowest BCUT2D eigenvalue weighted by Crippen LogP contribution is -2.12. The molecule has 6 nitrogen and oxygen atoms in total. The number of pyridine rings is 1. The lowest BCUT2D eigenvalue weighted by Gasteiger charge is -2.03. The highest BCUT2D eigenvalue weighted by Gasteiger charge is 2.09. The Morgan fingerprint density at radius 1 is 1.35 bits per heavy atom. The van der Waals surface area contributed by atoms with Crippen molar-refractivity contribution in [2.75, 3.05) is 17.7 Å². The number of anilines is 2. The smallest absolute Gasteiger partial charge is 0.257 e. The van der Waals surface area contributed by atoms with Crippen LogP contribution in [0.2, 0.25) is 0 Å². The van der Waals surface area contributed by atoms with E-state index in [1.54, 1.807) is 38.4 Å². The first-order valence-corrected chi connectivity index (χ1v) is 5.07. The first-order chi connectivity index (χ1) is 8.19. The Morgan fingerprint density at radius 2 is 2.18 bits per heavy atom. The van der Waals surface area contributed by atoms with E-state index in [1.807, 2.05) is 0 Å². The van der Waals surface area contributed by atoms with Gasteiger partial charge in [-0.05, 0) is 19.1 Å². The number of hydrogen-bond donors (Lipinski definition) is 2. The van der Waals surface area contributed by atoms with Gasteiger partial charge in [-0.2, -0.15) is 0 Å². The highest BCUT2D eigenvalue weighted by atomic mass is 16.5. The van der Waals surface area contributed by atoms with Crippen molar-refractivity contribution in [1.29, 1.82) is 0 Å². The molecule has 0 radical (unpaired) electrons. The molecule has 0 fully saturated rings. The molecule has 0 saturated carbocycles. The molecule has 2 aromatic heterocycles. The van der Waals surface area contributed by atoms with Gasteiger partial charge in [0.2, 0.25) is 0 Å². The second-order valence-electron chi connectivity index (χ2n) is 3.46. The van der Waals surface area contributed by atoms with E-state index in [9.17, 15) is 4.79 Å². The van der Waals surface area contributed by atoms with Crippen LogP contribution in [-0.2, 0) is 0 Å². The third-order valence-electron chi connectivity index (χ3n) is 2.15. The minimum atomic E-state index is -0.253. The first kappa shape index (κ1) is 11.1. The van der Waals surface area contributed by atoms with Crippen LogP contribution in [0.5, 0.6) is 0 Å². The van der Waals surface area contributed by atoms with Crippen LogP contribution in [0.15, 0.2) is 28.9 Å². The third kappa shape index (κ3) is 2.60. The van der Waals surface area contributed by atoms with E-state index in [2.05, 4.69) is 20.8 Å². The summed E-state index contributed by atoms with van der Waals surface area (Å²) >= 11 is 0. The number of nitrogens with one attached hydrogen (secondary N) is 2. The Balaban J connectivity index is 2.14. The van der Waals surface area contributed by atoms with Crippen molar-refractivity contribution in [2.24, 2.45) is 0 Å². The molecule has 0 aliphatic heterocycles. The Bertz CT molecular complexity index is 536. The van der Waals surface area contributed by atoms with Crippen LogP contribution in [-0.4, -0.2) is 23.1 Å². The molecular formula is C11H12N4O2. The lowest BCUT2D eigenvalue weighted by molar-refractivity contribution is 0.102. The van der Waals surface area contributed by atoms with Crippen molar-refractivity contribution in [3.05, 3.63) is 35.7 Å². The van der Waals surface area contributed by atoms with Crippen molar-refractivity contribution in [2.45, 2.75) is 6.92 Å². The maximum absolute atomic E-state index is 11.8. The molecule has 0 aliphatic carbocycles. The molecule has 0 saturated heterocycles. The maximum atomic E-state index is 11.8. The summed E-state index contributed by atoms with van der Waals surface area (Å²) in [4.78, 5) is 15.9. The van der Waals surface area contributed by atoms with Crippen LogP contribution in [0.1, 0.15) is 16.1 Å². The zero-order valence-electron chi connectivity index (χ0n) is 9.52. The minimum absolute atomic E-state index is 0.253. The number of hydrogen-bond acceptors (Lipinski definition) is 5. The maximum Gasteiger partial charge on any atom is 0.257 e. The van der Waals surface area contributed by atoms with Gasteiger partial charge in [-0.3, -0.25) is 4.79 Å². The number of carbonyl (C=O) groups excluding carboxylic acids is 1. The second kappa shape index (κ2) is 4.65. The molecule has 0 unspecified atom stereocenters. The zero-order chi connectivity index (χ0) is 12.3. The third-order valence-corrected chi connectivity index (χ3v) is 2.15. The minimum Gasteiger partial charge on any atom is -0.373 e. The number of nitrogens with zero attached hydrogens (tertiary/aromatic N) is 2. The quantitative estimate of drug-likeness (QED) is 0.841. The average molecular weight is 232 g/mol. The zero-order valence-corrected chi connectivity index (χ0v) is 9.52. The summed E-state index contributed by atoms with van der Waals surface area (Å²) in [5.74, 6) is 1.42. The number of amides is 1. The van der Waals surface area contributed by atoms with Gasteiger partial charge in [0.05, 0.1) is 0 Å². The standard InChI is InChI=1S/C11H12N4O2/c1-7-5-10(15-17-7)14-11(16)8-3-4-13-9(6-8)12-2/h3-6H,1-2H3,(H,12,13)(H,14,15,16). The second-order valence-corrected chi connectivity index (χ2v) is 3.46. The van der Waals surface area contributed by atoms with E-state index in [0.717, 1.165) is 0 Å². The van der Waals surface area contributed by atoms with Crippen LogP contribution in [0.3, 0.4) is 0 Å². The molecule has 0 atom stereocenters. The van der Waals surface area contributed by atoms with Gasteiger partial charge in [0, 0.05) is 24.9 Å². The Hall–Kier alpha value is -2.37. The molecule has 0 aromatic carbocycles. The molecule has 2 heterocycles. The monoisotopic (exact) mass is 232 g/mol. The molecule has 0 bridgehead atoms. The van der Waals surface area contributed by atoms with E-state index in [1.165, 1.54) is 0 Å². The molecule has 0 spiro atoms. The number of carbonyl (C=O) groups is 1. The van der Waals surface area contributed by atoms with Gasteiger partial charge in [-0.15, -0.1) is 0 Å². The molecule has 88 valence electrons. The highest BCUT2D eigenvalue weighted by Crippen LogP contribution is 2.11. The van der Waals surface area contributed by atoms with Crippen LogP contribution in [0.25, 0.3) is 0 Å². The summed E-state index contributed by atoms with van der Waals surface area (Å²) in [7, 11) is 1.74. The van der Waals surface area contributed by atoms with Crippen molar-refractivity contribution in [3.8, 4) is 0 Å². The van der Waals surface area contributed by atoms with Gasteiger partial charge in [0.15, 0.2) is 5.82 Å². The summed E-state index contributed by atoms with van der Waals surface area (Å²) in [6.07, 6.45) is 1.56.